The van der Waals surface area contributed by atoms with Crippen molar-refractivity contribution in [1.82, 2.24) is 0 Å². The van der Waals surface area contributed by atoms with Crippen LogP contribution in [0, 0.1) is 0 Å². The molecule has 10 heteroatoms. The summed E-state index contributed by atoms with van der Waals surface area (Å²) in [6, 6.07) is 0. The van der Waals surface area contributed by atoms with E-state index >= 15 is 0 Å². The molecule has 0 aromatic rings. The molecule has 0 aromatic heterocycles. The van der Waals surface area contributed by atoms with Gasteiger partial charge in [-0.3, -0.25) is 9.59 Å². The van der Waals surface area contributed by atoms with Crippen LogP contribution in [0.1, 0.15) is 170 Å². The second-order valence-electron chi connectivity index (χ2n) is 14.6. The van der Waals surface area contributed by atoms with Gasteiger partial charge in [0.15, 0.2) is 12.4 Å². The minimum atomic E-state index is -1.58. The van der Waals surface area contributed by atoms with E-state index in [0.717, 1.165) is 96.3 Å². The summed E-state index contributed by atoms with van der Waals surface area (Å²) in [7, 11) is 0. The number of unbranched alkanes of at least 4 members (excludes halogenated alkanes) is 10. The Morgan fingerprint density at radius 3 is 1.46 bits per heavy atom. The first-order valence-electron chi connectivity index (χ1n) is 22.8. The first-order chi connectivity index (χ1) is 28.7. The first kappa shape index (κ1) is 58.2. The Bertz CT molecular complexity index is 1090. The van der Waals surface area contributed by atoms with E-state index in [1.165, 1.54) is 12.8 Å². The third-order valence-electron chi connectivity index (χ3n) is 9.19. The van der Waals surface area contributed by atoms with E-state index in [9.17, 15) is 30.0 Å². The van der Waals surface area contributed by atoms with Crippen LogP contribution < -0.4 is 0 Å². The Kier molecular flexibility index (Phi) is 44.1. The molecule has 342 valence electrons. The second kappa shape index (κ2) is 44.7. The lowest BCUT2D eigenvalue weighted by Crippen LogP contribution is -2.59. The van der Waals surface area contributed by atoms with Crippen molar-refractivity contribution in [3.8, 4) is 0 Å². The zero-order chi connectivity index (χ0) is 44.2. The molecule has 4 N–H and O–H groups in total. The van der Waals surface area contributed by atoms with Crippen molar-refractivity contribution in [2.45, 2.75) is 207 Å². The SMILES string of the molecule is C/C=C\C/C=C\C/C=C\CC.C/C=C\C/C=C\C/C=C\CC.CCCCCCCCC(=O)OCC(CO[C@@H]1OC(CO)[C@H](O)[C@@H](O)C1O)OC(=O)CCCCCCCC. The fraction of sp³-hybridized carbons (Fsp3) is 0.714. The highest BCUT2D eigenvalue weighted by molar-refractivity contribution is 5.70. The van der Waals surface area contributed by atoms with Crippen LogP contribution >= 0.6 is 0 Å². The van der Waals surface area contributed by atoms with Crippen LogP contribution in [-0.2, 0) is 28.5 Å². The lowest BCUT2D eigenvalue weighted by atomic mass is 9.99. The predicted molar refractivity (Wildman–Crippen MR) is 242 cm³/mol. The highest BCUT2D eigenvalue weighted by Gasteiger charge is 2.44. The fourth-order valence-electron chi connectivity index (χ4n) is 5.62. The van der Waals surface area contributed by atoms with Crippen LogP contribution in [0.5, 0.6) is 0 Å². The number of aliphatic hydroxyl groups is 4. The molecule has 0 spiro atoms. The molecule has 0 saturated carbocycles. The van der Waals surface area contributed by atoms with Crippen LogP contribution in [-0.4, -0.2) is 89.0 Å². The van der Waals surface area contributed by atoms with Crippen molar-refractivity contribution in [2.75, 3.05) is 19.8 Å². The number of carbonyl (C=O) groups is 2. The molecule has 1 saturated heterocycles. The number of rotatable bonds is 31. The zero-order valence-electron chi connectivity index (χ0n) is 37.9. The van der Waals surface area contributed by atoms with Gasteiger partial charge in [0.25, 0.3) is 0 Å². The molecule has 1 aliphatic heterocycles. The average Bonchev–Trinajstić information content (AvgIpc) is 3.24. The Labute approximate surface area is 359 Å². The second-order valence-corrected chi connectivity index (χ2v) is 14.6. The van der Waals surface area contributed by atoms with Crippen molar-refractivity contribution in [3.63, 3.8) is 0 Å². The molecule has 10 nitrogen and oxygen atoms in total. The van der Waals surface area contributed by atoms with E-state index in [-0.39, 0.29) is 32.0 Å². The van der Waals surface area contributed by atoms with E-state index in [2.05, 4.69) is 101 Å². The molecule has 0 aromatic carbocycles. The van der Waals surface area contributed by atoms with Gasteiger partial charge < -0.3 is 39.4 Å². The van der Waals surface area contributed by atoms with Gasteiger partial charge in [0, 0.05) is 12.8 Å². The zero-order valence-corrected chi connectivity index (χ0v) is 37.9. The average molecular weight is 835 g/mol. The molecule has 3 unspecified atom stereocenters. The van der Waals surface area contributed by atoms with Crippen LogP contribution in [0.25, 0.3) is 0 Å². The summed E-state index contributed by atoms with van der Waals surface area (Å²) < 4.78 is 21.7. The smallest absolute Gasteiger partial charge is 0.306 e. The van der Waals surface area contributed by atoms with Crippen LogP contribution in [0.15, 0.2) is 72.9 Å². The molecule has 1 fully saturated rings. The molecule has 59 heavy (non-hydrogen) atoms. The summed E-state index contributed by atoms with van der Waals surface area (Å²) in [5.41, 5.74) is 0. The monoisotopic (exact) mass is 835 g/mol. The molecule has 0 aliphatic carbocycles. The highest BCUT2D eigenvalue weighted by Crippen LogP contribution is 2.22. The van der Waals surface area contributed by atoms with Crippen molar-refractivity contribution in [3.05, 3.63) is 72.9 Å². The summed E-state index contributed by atoms with van der Waals surface area (Å²) in [6.07, 6.45) is 37.4. The van der Waals surface area contributed by atoms with E-state index in [1.807, 2.05) is 13.8 Å². The Morgan fingerprint density at radius 2 is 1.00 bits per heavy atom. The van der Waals surface area contributed by atoms with Gasteiger partial charge in [-0.2, -0.15) is 0 Å². The van der Waals surface area contributed by atoms with E-state index in [1.54, 1.807) is 0 Å². The minimum Gasteiger partial charge on any atom is -0.462 e. The molecule has 6 atom stereocenters. The number of hydrogen-bond acceptors (Lipinski definition) is 10. The van der Waals surface area contributed by atoms with Crippen LogP contribution in [0.3, 0.4) is 0 Å². The summed E-state index contributed by atoms with van der Waals surface area (Å²) in [6.45, 7) is 11.6. The van der Waals surface area contributed by atoms with E-state index in [4.69, 9.17) is 18.9 Å². The third-order valence-corrected chi connectivity index (χ3v) is 9.19. The van der Waals surface area contributed by atoms with Gasteiger partial charge in [0.1, 0.15) is 31.0 Å². The maximum absolute atomic E-state index is 12.4. The molecule has 0 amide bonds. The summed E-state index contributed by atoms with van der Waals surface area (Å²) >= 11 is 0. The van der Waals surface area contributed by atoms with Crippen molar-refractivity contribution >= 4 is 11.9 Å². The quantitative estimate of drug-likeness (QED) is 0.0302. The molecule has 1 aliphatic rings. The number of allylic oxidation sites excluding steroid dienone is 12. The summed E-state index contributed by atoms with van der Waals surface area (Å²) in [4.78, 5) is 24.6. The van der Waals surface area contributed by atoms with Gasteiger partial charge in [0.2, 0.25) is 0 Å². The number of ether oxygens (including phenoxy) is 4. The van der Waals surface area contributed by atoms with Crippen LogP contribution in [0.2, 0.25) is 0 Å². The molecular formula is C49H86O10. The van der Waals surface area contributed by atoms with Gasteiger partial charge in [-0.1, -0.05) is 165 Å². The standard InChI is InChI=1S/C27H50O10.2C11H18/c1-3-5-7-9-11-13-15-22(29)34-18-20(36-23(30)16-14-12-10-8-6-4-2)19-35-27-26(33)25(32)24(31)21(17-28)37-27;2*1-3-5-7-9-11-10-8-6-4-2/h20-21,24-28,31-33H,3-19H2,1-2H3;2*3,5-6,8-9,11H,4,7,10H2,1-2H3/b;2*5-3-,8-6-,11-9-/t20?,21?,24-,25+,26?,27+;;/m0../s1. The Morgan fingerprint density at radius 1 is 0.559 bits per heavy atom. The lowest BCUT2D eigenvalue weighted by molar-refractivity contribution is -0.305. The summed E-state index contributed by atoms with van der Waals surface area (Å²) in [5, 5.41) is 39.4. The first-order valence-corrected chi connectivity index (χ1v) is 22.8. The Hall–Kier alpha value is -2.86. The maximum Gasteiger partial charge on any atom is 0.306 e. The van der Waals surface area contributed by atoms with Gasteiger partial charge >= 0.3 is 11.9 Å². The molecule has 1 rings (SSSR count). The third kappa shape index (κ3) is 36.7. The van der Waals surface area contributed by atoms with Crippen LogP contribution in [0.4, 0.5) is 0 Å². The molecule has 1 heterocycles. The predicted octanol–water partition coefficient (Wildman–Crippen LogP) is 10.5. The molecule has 0 radical (unpaired) electrons. The minimum absolute atomic E-state index is 0.214. The topological polar surface area (TPSA) is 152 Å². The van der Waals surface area contributed by atoms with Gasteiger partial charge in [-0.25, -0.2) is 0 Å². The number of esters is 2. The van der Waals surface area contributed by atoms with E-state index < -0.39 is 49.4 Å². The van der Waals surface area contributed by atoms with Crippen molar-refractivity contribution in [1.29, 1.82) is 0 Å². The maximum atomic E-state index is 12.4. The van der Waals surface area contributed by atoms with Gasteiger partial charge in [0.05, 0.1) is 13.2 Å². The largest absolute Gasteiger partial charge is 0.462 e. The summed E-state index contributed by atoms with van der Waals surface area (Å²) in [5.74, 6) is -0.829. The molecular weight excluding hydrogens is 749 g/mol. The highest BCUT2D eigenvalue weighted by atomic mass is 16.7. The van der Waals surface area contributed by atoms with Gasteiger partial charge in [-0.05, 0) is 65.2 Å². The Balaban J connectivity index is 0. The van der Waals surface area contributed by atoms with Crippen molar-refractivity contribution in [2.24, 2.45) is 0 Å². The van der Waals surface area contributed by atoms with Crippen molar-refractivity contribution < 1.29 is 49.0 Å². The fourth-order valence-corrected chi connectivity index (χ4v) is 5.62. The number of carbonyl (C=O) groups excluding carboxylic acids is 2. The van der Waals surface area contributed by atoms with E-state index in [0.29, 0.717) is 6.42 Å². The van der Waals surface area contributed by atoms with Gasteiger partial charge in [-0.15, -0.1) is 0 Å². The number of aliphatic hydroxyl groups excluding tert-OH is 4. The molecule has 0 bridgehead atoms. The normalized spacial score (nSPS) is 20.1. The lowest BCUT2D eigenvalue weighted by Gasteiger charge is -2.39. The number of hydrogen-bond donors (Lipinski definition) is 4.